The number of carbonyl (C=O) groups is 1. The van der Waals surface area contributed by atoms with E-state index >= 15 is 4.39 Å². The third-order valence-corrected chi connectivity index (χ3v) is 7.74. The number of pyridine rings is 3. The van der Waals surface area contributed by atoms with Crippen molar-refractivity contribution in [1.29, 1.82) is 0 Å². The third kappa shape index (κ3) is 5.20. The maximum atomic E-state index is 15.5. The summed E-state index contributed by atoms with van der Waals surface area (Å²) in [5.41, 5.74) is 2.87. The smallest absolute Gasteiger partial charge is 0.228 e. The number of anilines is 4. The fourth-order valence-corrected chi connectivity index (χ4v) is 5.64. The number of nitrogens with one attached hydrogen (secondary N) is 1. The molecule has 2 saturated heterocycles. The lowest BCUT2D eigenvalue weighted by atomic mass is 9.93. The Kier molecular flexibility index (Phi) is 7.14. The summed E-state index contributed by atoms with van der Waals surface area (Å²) >= 11 is 0. The van der Waals surface area contributed by atoms with Crippen molar-refractivity contribution in [2.45, 2.75) is 27.2 Å². The number of halogens is 2. The van der Waals surface area contributed by atoms with Gasteiger partial charge in [0.05, 0.1) is 48.8 Å². The van der Waals surface area contributed by atoms with E-state index in [0.29, 0.717) is 73.3 Å². The van der Waals surface area contributed by atoms with Gasteiger partial charge >= 0.3 is 0 Å². The summed E-state index contributed by atoms with van der Waals surface area (Å²) in [6.45, 7) is 8.78. The van der Waals surface area contributed by atoms with Crippen molar-refractivity contribution in [3.8, 4) is 16.9 Å². The number of amides is 1. The van der Waals surface area contributed by atoms with E-state index in [2.05, 4.69) is 20.2 Å². The monoisotopic (exact) mass is 574 g/mol. The van der Waals surface area contributed by atoms with Crippen LogP contribution < -0.4 is 19.9 Å². The van der Waals surface area contributed by atoms with Gasteiger partial charge in [-0.25, -0.2) is 18.7 Å². The summed E-state index contributed by atoms with van der Waals surface area (Å²) in [6.07, 6.45) is 5.40. The summed E-state index contributed by atoms with van der Waals surface area (Å²) in [6, 6.07) is 5.78. The number of fused-ring (bicyclic) bond motifs is 1. The molecule has 4 aromatic rings. The molecule has 0 spiro atoms. The van der Waals surface area contributed by atoms with E-state index in [-0.39, 0.29) is 22.2 Å². The van der Waals surface area contributed by atoms with Crippen molar-refractivity contribution >= 4 is 39.8 Å². The van der Waals surface area contributed by atoms with Crippen LogP contribution in [-0.4, -0.2) is 60.8 Å². The molecule has 218 valence electrons. The lowest BCUT2D eigenvalue weighted by Gasteiger charge is -2.29. The molecular formula is C31H32F2N6O3. The van der Waals surface area contributed by atoms with Crippen molar-refractivity contribution in [3.05, 3.63) is 60.1 Å². The predicted octanol–water partition coefficient (Wildman–Crippen LogP) is 5.63. The third-order valence-electron chi connectivity index (χ3n) is 7.74. The Balaban J connectivity index is 1.55. The first-order chi connectivity index (χ1) is 20.1. The number of morpholine rings is 1. The number of ether oxygens (including phenoxy) is 2. The Morgan fingerprint density at radius 2 is 1.86 bits per heavy atom. The molecule has 0 unspecified atom stereocenters. The van der Waals surface area contributed by atoms with E-state index in [1.54, 1.807) is 37.5 Å². The average Bonchev–Trinajstić information content (AvgIpc) is 3.26. The predicted molar refractivity (Wildman–Crippen MR) is 157 cm³/mol. The topological polar surface area (TPSA) is 92.7 Å². The molecule has 11 heteroatoms. The first kappa shape index (κ1) is 27.8. The maximum Gasteiger partial charge on any atom is 0.228 e. The SMILES string of the molecule is COc1cncc(-c2cnc(N3CCOCC3)cc2Nc2c(C)c(N3CC(C)(C)CC3=O)nc3cc(F)cc(F)c23)c1. The highest BCUT2D eigenvalue weighted by atomic mass is 19.1. The van der Waals surface area contributed by atoms with Crippen molar-refractivity contribution < 1.29 is 23.0 Å². The first-order valence-electron chi connectivity index (χ1n) is 13.8. The molecule has 3 aromatic heterocycles. The minimum Gasteiger partial charge on any atom is -0.495 e. The van der Waals surface area contributed by atoms with Gasteiger partial charge in [-0.15, -0.1) is 0 Å². The van der Waals surface area contributed by atoms with Crippen LogP contribution in [0.4, 0.5) is 31.8 Å². The Bertz CT molecular complexity index is 1690. The van der Waals surface area contributed by atoms with Gasteiger partial charge in [0, 0.05) is 73.3 Å². The zero-order valence-corrected chi connectivity index (χ0v) is 24.0. The number of carbonyl (C=O) groups excluding carboxylic acids is 1. The number of rotatable bonds is 6. The number of aromatic nitrogens is 3. The van der Waals surface area contributed by atoms with E-state index in [0.717, 1.165) is 17.4 Å². The second-order valence-electron chi connectivity index (χ2n) is 11.5. The van der Waals surface area contributed by atoms with Gasteiger partial charge in [-0.2, -0.15) is 0 Å². The number of methoxy groups -OCH3 is 1. The summed E-state index contributed by atoms with van der Waals surface area (Å²) in [5, 5.41) is 3.58. The highest BCUT2D eigenvalue weighted by Gasteiger charge is 2.38. The van der Waals surface area contributed by atoms with Gasteiger partial charge in [0.15, 0.2) is 0 Å². The van der Waals surface area contributed by atoms with E-state index in [9.17, 15) is 9.18 Å². The van der Waals surface area contributed by atoms with Crippen LogP contribution in [0.25, 0.3) is 22.0 Å². The molecule has 0 aliphatic carbocycles. The van der Waals surface area contributed by atoms with Crippen LogP contribution in [-0.2, 0) is 9.53 Å². The molecule has 5 heterocycles. The highest BCUT2D eigenvalue weighted by Crippen LogP contribution is 2.42. The van der Waals surface area contributed by atoms with E-state index in [4.69, 9.17) is 14.5 Å². The molecule has 42 heavy (non-hydrogen) atoms. The van der Waals surface area contributed by atoms with Crippen LogP contribution in [0.5, 0.6) is 5.75 Å². The zero-order valence-electron chi connectivity index (χ0n) is 24.0. The summed E-state index contributed by atoms with van der Waals surface area (Å²) < 4.78 is 40.9. The Labute approximate surface area is 242 Å². The highest BCUT2D eigenvalue weighted by molar-refractivity contribution is 6.03. The second kappa shape index (κ2) is 10.8. The molecule has 6 rings (SSSR count). The fraction of sp³-hybridized carbons (Fsp3) is 0.355. The van der Waals surface area contributed by atoms with Gasteiger partial charge in [0.2, 0.25) is 5.91 Å². The molecule has 0 saturated carbocycles. The molecule has 1 N–H and O–H groups in total. The number of nitrogens with zero attached hydrogens (tertiary/aromatic N) is 5. The first-order valence-corrected chi connectivity index (χ1v) is 13.8. The maximum absolute atomic E-state index is 15.5. The molecule has 0 radical (unpaired) electrons. The zero-order chi connectivity index (χ0) is 29.6. The summed E-state index contributed by atoms with van der Waals surface area (Å²) in [5.74, 6) is 0.0784. The van der Waals surface area contributed by atoms with Crippen molar-refractivity contribution in [1.82, 2.24) is 15.0 Å². The minimum atomic E-state index is -0.755. The van der Waals surface area contributed by atoms with Crippen molar-refractivity contribution in [3.63, 3.8) is 0 Å². The van der Waals surface area contributed by atoms with Gasteiger partial charge < -0.3 is 19.7 Å². The van der Waals surface area contributed by atoms with Crippen LogP contribution >= 0.6 is 0 Å². The van der Waals surface area contributed by atoms with Gasteiger partial charge in [-0.3, -0.25) is 14.7 Å². The molecule has 1 amide bonds. The van der Waals surface area contributed by atoms with Crippen LogP contribution in [0.1, 0.15) is 25.8 Å². The normalized spacial score (nSPS) is 16.8. The van der Waals surface area contributed by atoms with Crippen molar-refractivity contribution in [2.75, 3.05) is 55.1 Å². The molecule has 2 aliphatic heterocycles. The summed E-state index contributed by atoms with van der Waals surface area (Å²) in [7, 11) is 1.57. The largest absolute Gasteiger partial charge is 0.495 e. The number of hydrogen-bond acceptors (Lipinski definition) is 8. The minimum absolute atomic E-state index is 0.0839. The van der Waals surface area contributed by atoms with E-state index < -0.39 is 11.6 Å². The molecular weight excluding hydrogens is 542 g/mol. The fourth-order valence-electron chi connectivity index (χ4n) is 5.64. The lowest BCUT2D eigenvalue weighted by molar-refractivity contribution is -0.117. The Morgan fingerprint density at radius 3 is 2.57 bits per heavy atom. The lowest BCUT2D eigenvalue weighted by Crippen LogP contribution is -2.36. The van der Waals surface area contributed by atoms with Crippen LogP contribution in [0.2, 0.25) is 0 Å². The van der Waals surface area contributed by atoms with Crippen LogP contribution in [0.15, 0.2) is 42.9 Å². The van der Waals surface area contributed by atoms with E-state index in [1.807, 2.05) is 26.0 Å². The molecule has 0 bridgehead atoms. The molecule has 1 aromatic carbocycles. The van der Waals surface area contributed by atoms with Gasteiger partial charge in [-0.05, 0) is 18.4 Å². The van der Waals surface area contributed by atoms with Gasteiger partial charge in [-0.1, -0.05) is 13.8 Å². The van der Waals surface area contributed by atoms with E-state index in [1.165, 1.54) is 6.07 Å². The molecule has 0 atom stereocenters. The molecule has 2 aliphatic rings. The van der Waals surface area contributed by atoms with Gasteiger partial charge in [0.25, 0.3) is 0 Å². The summed E-state index contributed by atoms with van der Waals surface area (Å²) in [4.78, 5) is 30.5. The Hall–Kier alpha value is -4.38. The van der Waals surface area contributed by atoms with Crippen LogP contribution in [0, 0.1) is 24.0 Å². The molecule has 2 fully saturated rings. The quantitative estimate of drug-likeness (QED) is 0.317. The average molecular weight is 575 g/mol. The number of benzene rings is 1. The van der Waals surface area contributed by atoms with Gasteiger partial charge in [0.1, 0.15) is 29.0 Å². The Morgan fingerprint density at radius 1 is 1.07 bits per heavy atom. The second-order valence-corrected chi connectivity index (χ2v) is 11.5. The van der Waals surface area contributed by atoms with Crippen molar-refractivity contribution in [2.24, 2.45) is 5.41 Å². The standard InChI is InChI=1S/C31H32F2N6O3/c1-18-29(28-23(33)10-20(32)11-25(28)37-30(18)39-17-31(2,3)13-27(39)40)36-24-12-26(38-5-7-42-8-6-38)35-16-22(24)19-9-21(41-4)15-34-14-19/h9-12,14-16H,5-8,13,17H2,1-4H3,(H,35,36,37). The number of hydrogen-bond donors (Lipinski definition) is 1. The van der Waals surface area contributed by atoms with Crippen LogP contribution in [0.3, 0.4) is 0 Å². The molecule has 9 nitrogen and oxygen atoms in total.